The molecule has 1 aliphatic rings. The number of aromatic amines is 1. The summed E-state index contributed by atoms with van der Waals surface area (Å²) in [5.74, 6) is 0.612. The Morgan fingerprint density at radius 2 is 1.91 bits per heavy atom. The highest BCUT2D eigenvalue weighted by Crippen LogP contribution is 2.38. The summed E-state index contributed by atoms with van der Waals surface area (Å²) < 4.78 is 20.2. The summed E-state index contributed by atoms with van der Waals surface area (Å²) in [6.07, 6.45) is 0.577. The number of nitrogens with one attached hydrogen (secondary N) is 1. The largest absolute Gasteiger partial charge is 0.487 e. The molecule has 3 rings (SSSR count). The van der Waals surface area contributed by atoms with E-state index in [0.29, 0.717) is 29.9 Å². The SMILES string of the molecule is Cc1cn([C@H]2C[C@H](Oc3ccc(C#N)cc3)[C@@H](CO[Si](C)(C)C(C)(C)C)O2)c(=O)[nH]c1=O. The Labute approximate surface area is 188 Å². The van der Waals surface area contributed by atoms with Crippen LogP contribution in [0.2, 0.25) is 18.1 Å². The molecule has 9 heteroatoms. The van der Waals surface area contributed by atoms with Crippen molar-refractivity contribution >= 4 is 8.32 Å². The number of nitriles is 1. The maximum Gasteiger partial charge on any atom is 0.330 e. The van der Waals surface area contributed by atoms with Crippen molar-refractivity contribution in [1.29, 1.82) is 5.26 Å². The fourth-order valence-corrected chi connectivity index (χ4v) is 4.25. The van der Waals surface area contributed by atoms with Crippen LogP contribution in [0, 0.1) is 18.3 Å². The number of ether oxygens (including phenoxy) is 2. The average Bonchev–Trinajstić information content (AvgIpc) is 3.11. The van der Waals surface area contributed by atoms with Gasteiger partial charge in [-0.1, -0.05) is 20.8 Å². The molecule has 1 fully saturated rings. The van der Waals surface area contributed by atoms with E-state index in [1.165, 1.54) is 10.8 Å². The Morgan fingerprint density at radius 3 is 2.50 bits per heavy atom. The lowest BCUT2D eigenvalue weighted by atomic mass is 10.1. The van der Waals surface area contributed by atoms with Crippen molar-refractivity contribution < 1.29 is 13.9 Å². The van der Waals surface area contributed by atoms with Gasteiger partial charge in [0.05, 0.1) is 18.2 Å². The third-order valence-electron chi connectivity index (χ3n) is 6.32. The molecule has 1 aromatic carbocycles. The summed E-state index contributed by atoms with van der Waals surface area (Å²) in [7, 11) is -2.02. The van der Waals surface area contributed by atoms with Crippen LogP contribution in [0.1, 0.15) is 44.5 Å². The molecule has 32 heavy (non-hydrogen) atoms. The van der Waals surface area contributed by atoms with E-state index in [9.17, 15) is 9.59 Å². The molecule has 172 valence electrons. The van der Waals surface area contributed by atoms with Crippen LogP contribution >= 0.6 is 0 Å². The molecule has 0 unspecified atom stereocenters. The summed E-state index contributed by atoms with van der Waals surface area (Å²) in [6, 6.07) is 8.97. The molecule has 0 aliphatic carbocycles. The van der Waals surface area contributed by atoms with Crippen molar-refractivity contribution in [3.8, 4) is 11.8 Å². The van der Waals surface area contributed by atoms with Gasteiger partial charge >= 0.3 is 5.69 Å². The van der Waals surface area contributed by atoms with E-state index in [4.69, 9.17) is 19.2 Å². The molecule has 2 aromatic rings. The minimum atomic E-state index is -2.02. The number of benzene rings is 1. The van der Waals surface area contributed by atoms with Gasteiger partial charge in [0, 0.05) is 18.2 Å². The van der Waals surface area contributed by atoms with Gasteiger partial charge in [0.25, 0.3) is 5.56 Å². The summed E-state index contributed by atoms with van der Waals surface area (Å²) in [4.78, 5) is 26.5. The average molecular weight is 458 g/mol. The number of H-pyrrole nitrogens is 1. The first-order chi connectivity index (χ1) is 14.9. The first kappa shape index (κ1) is 24.0. The number of rotatable bonds is 6. The molecule has 0 radical (unpaired) electrons. The highest BCUT2D eigenvalue weighted by atomic mass is 28.4. The molecule has 1 aliphatic heterocycles. The van der Waals surface area contributed by atoms with Crippen LogP contribution in [0.3, 0.4) is 0 Å². The highest BCUT2D eigenvalue weighted by Gasteiger charge is 2.42. The van der Waals surface area contributed by atoms with E-state index in [1.54, 1.807) is 31.2 Å². The topological polar surface area (TPSA) is 106 Å². The predicted molar refractivity (Wildman–Crippen MR) is 123 cm³/mol. The van der Waals surface area contributed by atoms with Crippen LogP contribution in [-0.4, -0.2) is 36.7 Å². The minimum absolute atomic E-state index is 0.0431. The quantitative estimate of drug-likeness (QED) is 0.666. The van der Waals surface area contributed by atoms with Crippen molar-refractivity contribution in [2.45, 2.75) is 70.7 Å². The van der Waals surface area contributed by atoms with Crippen molar-refractivity contribution in [3.05, 3.63) is 62.4 Å². The van der Waals surface area contributed by atoms with Gasteiger partial charge in [0.15, 0.2) is 8.32 Å². The fraction of sp³-hybridized carbons (Fsp3) is 0.522. The summed E-state index contributed by atoms with van der Waals surface area (Å²) in [6.45, 7) is 12.8. The number of aromatic nitrogens is 2. The second kappa shape index (κ2) is 9.06. The predicted octanol–water partition coefficient (Wildman–Crippen LogP) is 3.47. The Kier molecular flexibility index (Phi) is 6.79. The molecule has 1 aromatic heterocycles. The lowest BCUT2D eigenvalue weighted by molar-refractivity contribution is -0.0395. The maximum atomic E-state index is 12.4. The van der Waals surface area contributed by atoms with Gasteiger partial charge in [-0.2, -0.15) is 5.26 Å². The standard InChI is InChI=1S/C23H31N3O5Si/c1-15-13-26(22(28)25-21(15)27)20-11-18(30-17-9-7-16(12-24)8-10-17)19(31-20)14-29-32(5,6)23(2,3)4/h7-10,13,18-20H,11,14H2,1-6H3,(H,25,27,28)/t18-,19+,20+/m0/s1. The summed E-state index contributed by atoms with van der Waals surface area (Å²) in [5.41, 5.74) is 0.0471. The van der Waals surface area contributed by atoms with Gasteiger partial charge in [-0.05, 0) is 49.3 Å². The van der Waals surface area contributed by atoms with E-state index < -0.39 is 31.9 Å². The van der Waals surface area contributed by atoms with Gasteiger partial charge < -0.3 is 13.9 Å². The molecule has 2 heterocycles. The molecule has 8 nitrogen and oxygen atoms in total. The van der Waals surface area contributed by atoms with E-state index >= 15 is 0 Å². The Bertz CT molecular complexity index is 1110. The zero-order valence-electron chi connectivity index (χ0n) is 19.5. The fourth-order valence-electron chi connectivity index (χ4n) is 3.24. The number of hydrogen-bond acceptors (Lipinski definition) is 6. The summed E-state index contributed by atoms with van der Waals surface area (Å²) >= 11 is 0. The van der Waals surface area contributed by atoms with E-state index in [2.05, 4.69) is 44.9 Å². The van der Waals surface area contributed by atoms with Crippen molar-refractivity contribution in [1.82, 2.24) is 9.55 Å². The number of nitrogens with zero attached hydrogens (tertiary/aromatic N) is 2. The van der Waals surface area contributed by atoms with Gasteiger partial charge in [-0.25, -0.2) is 4.79 Å². The molecule has 0 saturated carbocycles. The minimum Gasteiger partial charge on any atom is -0.487 e. The first-order valence-corrected chi connectivity index (χ1v) is 13.6. The van der Waals surface area contributed by atoms with Crippen LogP contribution in [0.5, 0.6) is 5.75 Å². The van der Waals surface area contributed by atoms with Crippen molar-refractivity contribution in [2.24, 2.45) is 0 Å². The second-order valence-electron chi connectivity index (χ2n) is 9.71. The third-order valence-corrected chi connectivity index (χ3v) is 10.8. The molecular formula is C23H31N3O5Si. The zero-order chi connectivity index (χ0) is 23.7. The second-order valence-corrected chi connectivity index (χ2v) is 14.5. The molecule has 0 amide bonds. The van der Waals surface area contributed by atoms with Crippen LogP contribution in [0.15, 0.2) is 40.1 Å². The smallest absolute Gasteiger partial charge is 0.330 e. The molecule has 0 bridgehead atoms. The molecule has 1 N–H and O–H groups in total. The molecule has 1 saturated heterocycles. The number of hydrogen-bond donors (Lipinski definition) is 1. The zero-order valence-corrected chi connectivity index (χ0v) is 20.5. The van der Waals surface area contributed by atoms with Crippen molar-refractivity contribution in [3.63, 3.8) is 0 Å². The van der Waals surface area contributed by atoms with Crippen LogP contribution < -0.4 is 16.0 Å². The Morgan fingerprint density at radius 1 is 1.25 bits per heavy atom. The normalized spacial score (nSPS) is 21.3. The maximum absolute atomic E-state index is 12.4. The lowest BCUT2D eigenvalue weighted by Crippen LogP contribution is -2.44. The van der Waals surface area contributed by atoms with Gasteiger partial charge in [-0.15, -0.1) is 0 Å². The van der Waals surface area contributed by atoms with Gasteiger partial charge in [0.1, 0.15) is 24.2 Å². The van der Waals surface area contributed by atoms with Crippen LogP contribution in [0.25, 0.3) is 0 Å². The van der Waals surface area contributed by atoms with Crippen LogP contribution in [0.4, 0.5) is 0 Å². The molecule has 0 spiro atoms. The van der Waals surface area contributed by atoms with E-state index in [1.807, 2.05) is 0 Å². The van der Waals surface area contributed by atoms with Gasteiger partial charge in [-0.3, -0.25) is 14.3 Å². The highest BCUT2D eigenvalue weighted by molar-refractivity contribution is 6.74. The lowest BCUT2D eigenvalue weighted by Gasteiger charge is -2.37. The third kappa shape index (κ3) is 5.20. The monoisotopic (exact) mass is 457 g/mol. The molecule has 3 atom stereocenters. The van der Waals surface area contributed by atoms with E-state index in [0.717, 1.165) is 0 Å². The van der Waals surface area contributed by atoms with Crippen LogP contribution in [-0.2, 0) is 9.16 Å². The summed E-state index contributed by atoms with van der Waals surface area (Å²) in [5, 5.41) is 9.06. The Balaban J connectivity index is 1.85. The molecular weight excluding hydrogens is 426 g/mol. The number of aryl methyl sites for hydroxylation is 1. The Hall–Kier alpha value is -2.67. The van der Waals surface area contributed by atoms with Crippen molar-refractivity contribution in [2.75, 3.05) is 6.61 Å². The van der Waals surface area contributed by atoms with E-state index in [-0.39, 0.29) is 11.1 Å². The van der Waals surface area contributed by atoms with Gasteiger partial charge in [0.2, 0.25) is 0 Å². The first-order valence-electron chi connectivity index (χ1n) is 10.7.